The fraction of sp³-hybridized carbons (Fsp3) is 0.400. The van der Waals surface area contributed by atoms with Crippen molar-refractivity contribution in [1.29, 1.82) is 0 Å². The lowest BCUT2D eigenvalue weighted by Crippen LogP contribution is -2.15. The summed E-state index contributed by atoms with van der Waals surface area (Å²) in [6.07, 6.45) is 1.84. The van der Waals surface area contributed by atoms with Crippen LogP contribution in [0.4, 0.5) is 5.69 Å². The van der Waals surface area contributed by atoms with Crippen molar-refractivity contribution in [3.05, 3.63) is 35.1 Å². The molecule has 0 atom stereocenters. The standard InChI is InChI=1S/C15H19ClN4OS/c1-3-9-20-13(4-2)18-19-15(20)22-10-14(21)17-12-8-6-5-7-11(12)16/h5-8H,3-4,9-10H2,1-2H3,(H,17,21). The Bertz CT molecular complexity index is 644. The fourth-order valence-corrected chi connectivity index (χ4v) is 2.98. The largest absolute Gasteiger partial charge is 0.324 e. The van der Waals surface area contributed by atoms with Gasteiger partial charge in [-0.1, -0.05) is 49.3 Å². The van der Waals surface area contributed by atoms with E-state index < -0.39 is 0 Å². The highest BCUT2D eigenvalue weighted by molar-refractivity contribution is 7.99. The predicted octanol–water partition coefficient (Wildman–Crippen LogP) is 3.63. The number of thioether (sulfide) groups is 1. The molecule has 5 nitrogen and oxygen atoms in total. The highest BCUT2D eigenvalue weighted by Gasteiger charge is 2.13. The van der Waals surface area contributed by atoms with E-state index in [0.29, 0.717) is 10.7 Å². The van der Waals surface area contributed by atoms with E-state index >= 15 is 0 Å². The molecule has 0 aliphatic heterocycles. The first-order valence-corrected chi connectivity index (χ1v) is 8.61. The van der Waals surface area contributed by atoms with Gasteiger partial charge in [0.2, 0.25) is 5.91 Å². The lowest BCUT2D eigenvalue weighted by molar-refractivity contribution is -0.113. The van der Waals surface area contributed by atoms with Crippen LogP contribution in [0.2, 0.25) is 5.02 Å². The third kappa shape index (κ3) is 4.24. The average molecular weight is 339 g/mol. The Hall–Kier alpha value is -1.53. The number of aryl methyl sites for hydroxylation is 1. The molecule has 0 aliphatic rings. The van der Waals surface area contributed by atoms with Crippen LogP contribution in [-0.2, 0) is 17.8 Å². The third-order valence-corrected chi connectivity index (χ3v) is 4.33. The van der Waals surface area contributed by atoms with Crippen LogP contribution in [0.1, 0.15) is 26.1 Å². The maximum absolute atomic E-state index is 12.0. The summed E-state index contributed by atoms with van der Waals surface area (Å²) in [5.74, 6) is 1.12. The Morgan fingerprint density at radius 2 is 2.09 bits per heavy atom. The molecule has 1 aromatic heterocycles. The summed E-state index contributed by atoms with van der Waals surface area (Å²) >= 11 is 7.42. The van der Waals surface area contributed by atoms with Crippen LogP contribution in [0.5, 0.6) is 0 Å². The van der Waals surface area contributed by atoms with E-state index in [1.165, 1.54) is 11.8 Å². The van der Waals surface area contributed by atoms with Gasteiger partial charge in [-0.2, -0.15) is 0 Å². The second-order valence-corrected chi connectivity index (χ2v) is 6.07. The normalized spacial score (nSPS) is 10.7. The summed E-state index contributed by atoms with van der Waals surface area (Å²) in [5.41, 5.74) is 0.624. The zero-order chi connectivity index (χ0) is 15.9. The topological polar surface area (TPSA) is 59.8 Å². The van der Waals surface area contributed by atoms with Crippen LogP contribution < -0.4 is 5.32 Å². The van der Waals surface area contributed by atoms with E-state index in [0.717, 1.165) is 30.4 Å². The minimum Gasteiger partial charge on any atom is -0.324 e. The molecule has 1 amide bonds. The highest BCUT2D eigenvalue weighted by Crippen LogP contribution is 2.22. The minimum absolute atomic E-state index is 0.109. The van der Waals surface area contributed by atoms with Gasteiger partial charge in [0.25, 0.3) is 0 Å². The van der Waals surface area contributed by atoms with E-state index in [4.69, 9.17) is 11.6 Å². The van der Waals surface area contributed by atoms with Crippen LogP contribution in [-0.4, -0.2) is 26.4 Å². The molecule has 0 saturated carbocycles. The SMILES string of the molecule is CCCn1c(CC)nnc1SCC(=O)Nc1ccccc1Cl. The number of nitrogens with zero attached hydrogens (tertiary/aromatic N) is 3. The molecule has 22 heavy (non-hydrogen) atoms. The van der Waals surface area contributed by atoms with Gasteiger partial charge in [0.15, 0.2) is 5.16 Å². The summed E-state index contributed by atoms with van der Waals surface area (Å²) in [7, 11) is 0. The molecule has 0 unspecified atom stereocenters. The number of para-hydroxylation sites is 1. The van der Waals surface area contributed by atoms with Crippen LogP contribution in [0, 0.1) is 0 Å². The van der Waals surface area contributed by atoms with E-state index in [-0.39, 0.29) is 11.7 Å². The van der Waals surface area contributed by atoms with Gasteiger partial charge in [-0.25, -0.2) is 0 Å². The van der Waals surface area contributed by atoms with E-state index in [1.807, 2.05) is 12.1 Å². The number of amides is 1. The average Bonchev–Trinajstić information content (AvgIpc) is 2.90. The van der Waals surface area contributed by atoms with Gasteiger partial charge in [-0.3, -0.25) is 4.79 Å². The van der Waals surface area contributed by atoms with Crippen molar-refractivity contribution >= 4 is 35.0 Å². The third-order valence-electron chi connectivity index (χ3n) is 3.04. The smallest absolute Gasteiger partial charge is 0.234 e. The molecule has 2 rings (SSSR count). The quantitative estimate of drug-likeness (QED) is 0.783. The zero-order valence-electron chi connectivity index (χ0n) is 12.7. The second-order valence-electron chi connectivity index (χ2n) is 4.72. The molecule has 7 heteroatoms. The Labute approximate surface area is 139 Å². The molecule has 1 N–H and O–H groups in total. The summed E-state index contributed by atoms with van der Waals surface area (Å²) in [5, 5.41) is 12.5. The molecule has 0 fully saturated rings. The van der Waals surface area contributed by atoms with Gasteiger partial charge in [0, 0.05) is 13.0 Å². The first-order valence-electron chi connectivity index (χ1n) is 7.25. The number of nitrogens with one attached hydrogen (secondary N) is 1. The summed E-state index contributed by atoms with van der Waals surface area (Å²) in [4.78, 5) is 12.0. The molecule has 0 aliphatic carbocycles. The van der Waals surface area contributed by atoms with E-state index in [9.17, 15) is 4.79 Å². The van der Waals surface area contributed by atoms with Gasteiger partial charge in [0.05, 0.1) is 16.5 Å². The van der Waals surface area contributed by atoms with E-state index in [2.05, 4.69) is 33.9 Å². The number of benzene rings is 1. The maximum atomic E-state index is 12.0. The second kappa shape index (κ2) is 8.19. The number of rotatable bonds is 7. The number of carbonyl (C=O) groups excluding carboxylic acids is 1. The van der Waals surface area contributed by atoms with Gasteiger partial charge < -0.3 is 9.88 Å². The van der Waals surface area contributed by atoms with E-state index in [1.54, 1.807) is 12.1 Å². The molecule has 2 aromatic rings. The Morgan fingerprint density at radius 1 is 1.32 bits per heavy atom. The van der Waals surface area contributed by atoms with Gasteiger partial charge in [-0.05, 0) is 18.6 Å². The molecular weight excluding hydrogens is 320 g/mol. The Morgan fingerprint density at radius 3 is 2.77 bits per heavy atom. The minimum atomic E-state index is -0.109. The number of anilines is 1. The Balaban J connectivity index is 1.97. The summed E-state index contributed by atoms with van der Waals surface area (Å²) in [6.45, 7) is 5.03. The first-order chi connectivity index (χ1) is 10.7. The summed E-state index contributed by atoms with van der Waals surface area (Å²) in [6, 6.07) is 7.18. The van der Waals surface area contributed by atoms with Crippen molar-refractivity contribution in [2.24, 2.45) is 0 Å². The van der Waals surface area contributed by atoms with Crippen molar-refractivity contribution in [3.63, 3.8) is 0 Å². The molecule has 1 aromatic carbocycles. The van der Waals surface area contributed by atoms with Crippen molar-refractivity contribution < 1.29 is 4.79 Å². The number of hydrogen-bond acceptors (Lipinski definition) is 4. The summed E-state index contributed by atoms with van der Waals surface area (Å²) < 4.78 is 2.08. The molecule has 0 spiro atoms. The lowest BCUT2D eigenvalue weighted by atomic mass is 10.3. The molecular formula is C15H19ClN4OS. The van der Waals surface area contributed by atoms with Crippen molar-refractivity contribution in [3.8, 4) is 0 Å². The van der Waals surface area contributed by atoms with Crippen LogP contribution in [0.25, 0.3) is 0 Å². The van der Waals surface area contributed by atoms with Gasteiger partial charge in [0.1, 0.15) is 5.82 Å². The fourth-order valence-electron chi connectivity index (χ4n) is 2.01. The lowest BCUT2D eigenvalue weighted by Gasteiger charge is -2.08. The van der Waals surface area contributed by atoms with Gasteiger partial charge in [-0.15, -0.1) is 10.2 Å². The first kappa shape index (κ1) is 16.8. The highest BCUT2D eigenvalue weighted by atomic mass is 35.5. The molecule has 0 radical (unpaired) electrons. The number of aromatic nitrogens is 3. The number of carbonyl (C=O) groups is 1. The van der Waals surface area contributed by atoms with Crippen molar-refractivity contribution in [2.75, 3.05) is 11.1 Å². The zero-order valence-corrected chi connectivity index (χ0v) is 14.2. The number of hydrogen-bond donors (Lipinski definition) is 1. The van der Waals surface area contributed by atoms with Crippen LogP contribution in [0.3, 0.4) is 0 Å². The molecule has 0 saturated heterocycles. The van der Waals surface area contributed by atoms with Crippen molar-refractivity contribution in [2.45, 2.75) is 38.4 Å². The van der Waals surface area contributed by atoms with Crippen LogP contribution in [0.15, 0.2) is 29.4 Å². The maximum Gasteiger partial charge on any atom is 0.234 e. The van der Waals surface area contributed by atoms with Crippen molar-refractivity contribution in [1.82, 2.24) is 14.8 Å². The van der Waals surface area contributed by atoms with Gasteiger partial charge >= 0.3 is 0 Å². The van der Waals surface area contributed by atoms with Crippen LogP contribution >= 0.6 is 23.4 Å². The monoisotopic (exact) mass is 338 g/mol. The molecule has 118 valence electrons. The molecule has 0 bridgehead atoms. The predicted molar refractivity (Wildman–Crippen MR) is 90.5 cm³/mol. The Kier molecular flexibility index (Phi) is 6.27. The molecule has 1 heterocycles. The number of halogens is 1.